The van der Waals surface area contributed by atoms with Gasteiger partial charge in [0.1, 0.15) is 11.6 Å². The summed E-state index contributed by atoms with van der Waals surface area (Å²) in [5.41, 5.74) is 0. The van der Waals surface area contributed by atoms with Crippen molar-refractivity contribution in [1.29, 1.82) is 0 Å². The number of hydrogen-bond acceptors (Lipinski definition) is 3. The van der Waals surface area contributed by atoms with E-state index in [1.807, 2.05) is 0 Å². The lowest BCUT2D eigenvalue weighted by atomic mass is 10.0. The summed E-state index contributed by atoms with van der Waals surface area (Å²) in [6.07, 6.45) is 2.90. The maximum absolute atomic E-state index is 5.94. The van der Waals surface area contributed by atoms with E-state index in [1.165, 1.54) is 6.42 Å². The van der Waals surface area contributed by atoms with Gasteiger partial charge in [-0.25, -0.2) is 4.98 Å². The molecule has 2 atom stereocenters. The molecule has 1 aromatic rings. The Balaban J connectivity index is 1.90. The molecule has 1 fully saturated rings. The van der Waals surface area contributed by atoms with Gasteiger partial charge in [0.05, 0.1) is 0 Å². The molecule has 1 aliphatic rings. The van der Waals surface area contributed by atoms with Crippen LogP contribution in [0.5, 0.6) is 5.88 Å². The van der Waals surface area contributed by atoms with Gasteiger partial charge in [0.15, 0.2) is 0 Å². The second kappa shape index (κ2) is 4.81. The van der Waals surface area contributed by atoms with Crippen molar-refractivity contribution in [2.45, 2.75) is 19.4 Å². The molecule has 1 saturated heterocycles. The molecule has 1 aliphatic heterocycles. The first-order valence-electron chi connectivity index (χ1n) is 5.24. The van der Waals surface area contributed by atoms with E-state index < -0.39 is 0 Å². The molecule has 15 heavy (non-hydrogen) atoms. The van der Waals surface area contributed by atoms with Gasteiger partial charge in [-0.05, 0) is 31.0 Å². The summed E-state index contributed by atoms with van der Waals surface area (Å²) in [7, 11) is 0. The Bertz CT molecular complexity index is 332. The zero-order valence-electron chi connectivity index (χ0n) is 8.74. The Hall–Kier alpha value is -0.800. The molecule has 1 aromatic heterocycles. The van der Waals surface area contributed by atoms with Crippen LogP contribution in [-0.2, 0) is 0 Å². The normalized spacial score (nSPS) is 25.5. The number of halogens is 1. The van der Waals surface area contributed by atoms with Gasteiger partial charge in [0.25, 0.3) is 0 Å². The fourth-order valence-electron chi connectivity index (χ4n) is 1.77. The number of rotatable bonds is 3. The van der Waals surface area contributed by atoms with Gasteiger partial charge >= 0.3 is 0 Å². The van der Waals surface area contributed by atoms with E-state index in [0.29, 0.717) is 29.5 Å². The van der Waals surface area contributed by atoms with Crippen LogP contribution in [0.15, 0.2) is 18.3 Å². The highest BCUT2D eigenvalue weighted by molar-refractivity contribution is 6.31. The summed E-state index contributed by atoms with van der Waals surface area (Å²) in [5.74, 6) is 1.19. The lowest BCUT2D eigenvalue weighted by Gasteiger charge is -2.16. The van der Waals surface area contributed by atoms with Gasteiger partial charge in [-0.15, -0.1) is 0 Å². The van der Waals surface area contributed by atoms with Crippen molar-refractivity contribution in [2.24, 2.45) is 5.92 Å². The van der Waals surface area contributed by atoms with Gasteiger partial charge in [-0.1, -0.05) is 18.5 Å². The molecule has 0 amide bonds. The third-order valence-electron chi connectivity index (χ3n) is 2.82. The molecule has 2 rings (SSSR count). The van der Waals surface area contributed by atoms with E-state index in [0.717, 1.165) is 6.54 Å². The average molecular weight is 227 g/mol. The summed E-state index contributed by atoms with van der Waals surface area (Å²) < 4.78 is 5.59. The first-order chi connectivity index (χ1) is 7.27. The van der Waals surface area contributed by atoms with Crippen LogP contribution in [0, 0.1) is 5.92 Å². The molecule has 82 valence electrons. The molecule has 0 aromatic carbocycles. The van der Waals surface area contributed by atoms with Crippen LogP contribution in [0.2, 0.25) is 5.02 Å². The van der Waals surface area contributed by atoms with Gasteiger partial charge in [-0.3, -0.25) is 0 Å². The highest BCUT2D eigenvalue weighted by Crippen LogP contribution is 2.21. The van der Waals surface area contributed by atoms with E-state index in [4.69, 9.17) is 16.3 Å². The fraction of sp³-hybridized carbons (Fsp3) is 0.545. The molecule has 0 unspecified atom stereocenters. The second-order valence-electron chi connectivity index (χ2n) is 3.93. The topological polar surface area (TPSA) is 34.1 Å². The molecule has 2 heterocycles. The van der Waals surface area contributed by atoms with Crippen molar-refractivity contribution in [1.82, 2.24) is 10.3 Å². The van der Waals surface area contributed by atoms with Crippen LogP contribution < -0.4 is 10.1 Å². The molecule has 0 radical (unpaired) electrons. The number of pyridine rings is 1. The molecule has 4 heteroatoms. The third-order valence-corrected chi connectivity index (χ3v) is 3.11. The third kappa shape index (κ3) is 2.61. The lowest BCUT2D eigenvalue weighted by molar-refractivity contribution is 0.245. The van der Waals surface area contributed by atoms with Crippen LogP contribution in [0.4, 0.5) is 0 Å². The summed E-state index contributed by atoms with van der Waals surface area (Å²) in [6.45, 7) is 3.94. The smallest absolute Gasteiger partial charge is 0.232 e. The minimum Gasteiger partial charge on any atom is -0.475 e. The van der Waals surface area contributed by atoms with Crippen LogP contribution in [0.3, 0.4) is 0 Å². The highest BCUT2D eigenvalue weighted by Gasteiger charge is 2.23. The van der Waals surface area contributed by atoms with E-state index in [-0.39, 0.29) is 0 Å². The number of hydrogen-bond donors (Lipinski definition) is 1. The predicted octanol–water partition coefficient (Wildman–Crippen LogP) is 2.11. The van der Waals surface area contributed by atoms with Gasteiger partial charge in [-0.2, -0.15) is 0 Å². The molecule has 1 N–H and O–H groups in total. The quantitative estimate of drug-likeness (QED) is 0.857. The zero-order valence-corrected chi connectivity index (χ0v) is 9.50. The summed E-state index contributed by atoms with van der Waals surface area (Å²) >= 11 is 5.94. The SMILES string of the molecule is C[C@H]1CCN[C@H]1COc1ncccc1Cl. The van der Waals surface area contributed by atoms with Crippen LogP contribution in [0.25, 0.3) is 0 Å². The Morgan fingerprint density at radius 2 is 2.53 bits per heavy atom. The average Bonchev–Trinajstić information content (AvgIpc) is 2.63. The van der Waals surface area contributed by atoms with E-state index in [2.05, 4.69) is 17.2 Å². The van der Waals surface area contributed by atoms with Crippen molar-refractivity contribution < 1.29 is 4.74 Å². The molecule has 3 nitrogen and oxygen atoms in total. The van der Waals surface area contributed by atoms with E-state index in [1.54, 1.807) is 18.3 Å². The van der Waals surface area contributed by atoms with Crippen LogP contribution >= 0.6 is 11.6 Å². The van der Waals surface area contributed by atoms with Gasteiger partial charge < -0.3 is 10.1 Å². The predicted molar refractivity (Wildman–Crippen MR) is 60.3 cm³/mol. The summed E-state index contributed by atoms with van der Waals surface area (Å²) in [6, 6.07) is 4.00. The molecular formula is C11H15ClN2O. The number of aromatic nitrogens is 1. The van der Waals surface area contributed by atoms with Crippen molar-refractivity contribution in [3.8, 4) is 5.88 Å². The second-order valence-corrected chi connectivity index (χ2v) is 4.34. The standard InChI is InChI=1S/C11H15ClN2O/c1-8-4-6-13-10(8)7-15-11-9(12)3-2-5-14-11/h2-3,5,8,10,13H,4,6-7H2,1H3/t8-,10-/m0/s1. The van der Waals surface area contributed by atoms with Crippen LogP contribution in [0.1, 0.15) is 13.3 Å². The van der Waals surface area contributed by atoms with Crippen molar-refractivity contribution in [3.05, 3.63) is 23.4 Å². The van der Waals surface area contributed by atoms with Crippen molar-refractivity contribution >= 4 is 11.6 Å². The Morgan fingerprint density at radius 3 is 3.20 bits per heavy atom. The first kappa shape index (κ1) is 10.7. The number of nitrogens with one attached hydrogen (secondary N) is 1. The monoisotopic (exact) mass is 226 g/mol. The molecular weight excluding hydrogens is 212 g/mol. The summed E-state index contributed by atoms with van der Waals surface area (Å²) in [4.78, 5) is 4.08. The maximum Gasteiger partial charge on any atom is 0.232 e. The van der Waals surface area contributed by atoms with Crippen LogP contribution in [-0.4, -0.2) is 24.2 Å². The molecule has 0 saturated carbocycles. The highest BCUT2D eigenvalue weighted by atomic mass is 35.5. The fourth-order valence-corrected chi connectivity index (χ4v) is 1.94. The van der Waals surface area contributed by atoms with E-state index in [9.17, 15) is 0 Å². The summed E-state index contributed by atoms with van der Waals surface area (Å²) in [5, 5.41) is 3.97. The van der Waals surface area contributed by atoms with Gasteiger partial charge in [0.2, 0.25) is 5.88 Å². The van der Waals surface area contributed by atoms with Crippen molar-refractivity contribution in [2.75, 3.05) is 13.2 Å². The maximum atomic E-state index is 5.94. The van der Waals surface area contributed by atoms with Gasteiger partial charge in [0, 0.05) is 12.2 Å². The Labute approximate surface area is 94.8 Å². The lowest BCUT2D eigenvalue weighted by Crippen LogP contribution is -2.32. The number of ether oxygens (including phenoxy) is 1. The van der Waals surface area contributed by atoms with E-state index >= 15 is 0 Å². The first-order valence-corrected chi connectivity index (χ1v) is 5.62. The zero-order chi connectivity index (χ0) is 10.7. The molecule has 0 aliphatic carbocycles. The largest absolute Gasteiger partial charge is 0.475 e. The molecule has 0 bridgehead atoms. The molecule has 0 spiro atoms. The Morgan fingerprint density at radius 1 is 1.67 bits per heavy atom. The Kier molecular flexibility index (Phi) is 3.44. The minimum absolute atomic E-state index is 0.420. The van der Waals surface area contributed by atoms with Crippen molar-refractivity contribution in [3.63, 3.8) is 0 Å². The minimum atomic E-state index is 0.420. The number of nitrogens with zero attached hydrogens (tertiary/aromatic N) is 1.